The molecule has 17 heavy (non-hydrogen) atoms. The number of carbonyl (C=O) groups is 1. The molecule has 5 heteroatoms. The van der Waals surface area contributed by atoms with Gasteiger partial charge in [0.1, 0.15) is 0 Å². The number of hydrogen-bond donors (Lipinski definition) is 2. The van der Waals surface area contributed by atoms with Gasteiger partial charge in [-0.15, -0.1) is 0 Å². The Morgan fingerprint density at radius 3 is 3.00 bits per heavy atom. The second kappa shape index (κ2) is 5.14. The third-order valence-electron chi connectivity index (χ3n) is 2.41. The second-order valence-electron chi connectivity index (χ2n) is 3.70. The van der Waals surface area contributed by atoms with Gasteiger partial charge in [-0.3, -0.25) is 9.89 Å². The Kier molecular flexibility index (Phi) is 3.58. The van der Waals surface area contributed by atoms with Crippen LogP contribution in [-0.4, -0.2) is 16.1 Å². The zero-order valence-corrected chi connectivity index (χ0v) is 10.9. The molecule has 0 aliphatic carbocycles. The van der Waals surface area contributed by atoms with E-state index in [0.717, 1.165) is 22.3 Å². The monoisotopic (exact) mass is 293 g/mol. The lowest BCUT2D eigenvalue weighted by molar-refractivity contribution is 0.102. The smallest absolute Gasteiger partial charge is 0.259 e. The summed E-state index contributed by atoms with van der Waals surface area (Å²) >= 11 is 3.38. The number of amides is 1. The van der Waals surface area contributed by atoms with Crippen molar-refractivity contribution >= 4 is 27.5 Å². The van der Waals surface area contributed by atoms with Crippen LogP contribution < -0.4 is 5.32 Å². The summed E-state index contributed by atoms with van der Waals surface area (Å²) in [7, 11) is 0. The number of alkyl halides is 1. The summed E-state index contributed by atoms with van der Waals surface area (Å²) in [5.41, 5.74) is 3.23. The predicted octanol–water partition coefficient (Wildman–Crippen LogP) is 2.87. The first-order valence-corrected chi connectivity index (χ1v) is 6.29. The Hall–Kier alpha value is -1.62. The highest BCUT2D eigenvalue weighted by Gasteiger charge is 2.10. The molecule has 0 unspecified atom stereocenters. The summed E-state index contributed by atoms with van der Waals surface area (Å²) in [5.74, 6) is -0.150. The number of benzene rings is 1. The van der Waals surface area contributed by atoms with Crippen LogP contribution in [0.15, 0.2) is 30.5 Å². The van der Waals surface area contributed by atoms with Gasteiger partial charge in [0.2, 0.25) is 0 Å². The molecule has 1 amide bonds. The minimum absolute atomic E-state index is 0.150. The highest BCUT2D eigenvalue weighted by Crippen LogP contribution is 2.14. The Morgan fingerprint density at radius 2 is 2.35 bits per heavy atom. The average Bonchev–Trinajstić information content (AvgIpc) is 2.76. The molecule has 0 aliphatic rings. The first kappa shape index (κ1) is 11.9. The van der Waals surface area contributed by atoms with E-state index in [9.17, 15) is 4.79 Å². The summed E-state index contributed by atoms with van der Waals surface area (Å²) in [5, 5.41) is 10.2. The normalized spacial score (nSPS) is 10.2. The number of aryl methyl sites for hydroxylation is 1. The molecule has 1 aromatic heterocycles. The first-order valence-electron chi connectivity index (χ1n) is 5.17. The highest BCUT2D eigenvalue weighted by molar-refractivity contribution is 9.08. The molecule has 4 nitrogen and oxygen atoms in total. The number of rotatable bonds is 3. The number of aromatic nitrogens is 2. The van der Waals surface area contributed by atoms with Crippen LogP contribution in [-0.2, 0) is 5.33 Å². The number of nitrogens with zero attached hydrogens (tertiary/aromatic N) is 1. The van der Waals surface area contributed by atoms with E-state index < -0.39 is 0 Å². The number of carbonyl (C=O) groups excluding carboxylic acids is 1. The molecule has 2 N–H and O–H groups in total. The molecule has 0 spiro atoms. The van der Waals surface area contributed by atoms with Gasteiger partial charge in [0.05, 0.1) is 11.8 Å². The lowest BCUT2D eigenvalue weighted by Gasteiger charge is -2.05. The third-order valence-corrected chi connectivity index (χ3v) is 3.06. The second-order valence-corrected chi connectivity index (χ2v) is 4.26. The topological polar surface area (TPSA) is 57.8 Å². The molecule has 0 saturated carbocycles. The number of anilines is 1. The van der Waals surface area contributed by atoms with Crippen molar-refractivity contribution in [2.75, 3.05) is 5.32 Å². The Morgan fingerprint density at radius 1 is 1.53 bits per heavy atom. The molecule has 0 atom stereocenters. The van der Waals surface area contributed by atoms with E-state index >= 15 is 0 Å². The van der Waals surface area contributed by atoms with E-state index in [2.05, 4.69) is 31.4 Å². The van der Waals surface area contributed by atoms with Crippen molar-refractivity contribution in [1.29, 1.82) is 0 Å². The maximum atomic E-state index is 11.9. The third kappa shape index (κ3) is 2.74. The van der Waals surface area contributed by atoms with Crippen LogP contribution in [0.1, 0.15) is 21.6 Å². The molecule has 0 bridgehead atoms. The number of H-pyrrole nitrogens is 1. The molecule has 1 heterocycles. The van der Waals surface area contributed by atoms with Gasteiger partial charge in [0.15, 0.2) is 0 Å². The van der Waals surface area contributed by atoms with Crippen molar-refractivity contribution in [3.8, 4) is 0 Å². The van der Waals surface area contributed by atoms with E-state index in [1.54, 1.807) is 0 Å². The van der Waals surface area contributed by atoms with Gasteiger partial charge in [-0.1, -0.05) is 28.1 Å². The largest absolute Gasteiger partial charge is 0.322 e. The van der Waals surface area contributed by atoms with Gasteiger partial charge in [-0.2, -0.15) is 5.10 Å². The van der Waals surface area contributed by atoms with Crippen LogP contribution in [0.5, 0.6) is 0 Å². The fourth-order valence-corrected chi connectivity index (χ4v) is 1.86. The molecule has 0 aliphatic heterocycles. The van der Waals surface area contributed by atoms with Gasteiger partial charge >= 0.3 is 0 Å². The lowest BCUT2D eigenvalue weighted by Crippen LogP contribution is -2.12. The molecule has 1 aromatic carbocycles. The van der Waals surface area contributed by atoms with Crippen molar-refractivity contribution in [3.63, 3.8) is 0 Å². The average molecular weight is 294 g/mol. The zero-order valence-electron chi connectivity index (χ0n) is 9.33. The summed E-state index contributed by atoms with van der Waals surface area (Å²) in [6.45, 7) is 1.82. The van der Waals surface area contributed by atoms with Crippen molar-refractivity contribution < 1.29 is 4.79 Å². The quantitative estimate of drug-likeness (QED) is 0.855. The van der Waals surface area contributed by atoms with Gasteiger partial charge < -0.3 is 5.32 Å². The summed E-state index contributed by atoms with van der Waals surface area (Å²) in [6.07, 6.45) is 1.53. The Bertz CT molecular complexity index is 536. The summed E-state index contributed by atoms with van der Waals surface area (Å²) < 4.78 is 0. The van der Waals surface area contributed by atoms with E-state index in [0.29, 0.717) is 5.56 Å². The number of halogens is 1. The SMILES string of the molecule is Cc1[nH]ncc1C(=O)Nc1cccc(CBr)c1. The van der Waals surface area contributed by atoms with Crippen LogP contribution in [0.25, 0.3) is 0 Å². The maximum Gasteiger partial charge on any atom is 0.259 e. The van der Waals surface area contributed by atoms with Crippen LogP contribution in [0.2, 0.25) is 0 Å². The van der Waals surface area contributed by atoms with Crippen molar-refractivity contribution in [3.05, 3.63) is 47.3 Å². The molecule has 0 radical (unpaired) electrons. The summed E-state index contributed by atoms with van der Waals surface area (Å²) in [4.78, 5) is 11.9. The summed E-state index contributed by atoms with van der Waals surface area (Å²) in [6, 6.07) is 7.70. The van der Waals surface area contributed by atoms with Crippen LogP contribution >= 0.6 is 15.9 Å². The van der Waals surface area contributed by atoms with Gasteiger partial charge in [0, 0.05) is 16.7 Å². The van der Waals surface area contributed by atoms with Crippen LogP contribution in [0.4, 0.5) is 5.69 Å². The first-order chi connectivity index (χ1) is 8.20. The van der Waals surface area contributed by atoms with Gasteiger partial charge in [0.25, 0.3) is 5.91 Å². The minimum atomic E-state index is -0.150. The molecule has 2 aromatic rings. The number of hydrogen-bond acceptors (Lipinski definition) is 2. The fraction of sp³-hybridized carbons (Fsp3) is 0.167. The Balaban J connectivity index is 2.16. The van der Waals surface area contributed by atoms with Gasteiger partial charge in [-0.25, -0.2) is 0 Å². The standard InChI is InChI=1S/C12H12BrN3O/c1-8-11(7-14-16-8)12(17)15-10-4-2-3-9(5-10)6-13/h2-5,7H,6H2,1H3,(H,14,16)(H,15,17). The lowest BCUT2D eigenvalue weighted by atomic mass is 10.2. The maximum absolute atomic E-state index is 11.9. The number of nitrogens with one attached hydrogen (secondary N) is 2. The molecule has 0 fully saturated rings. The van der Waals surface area contributed by atoms with Crippen LogP contribution in [0.3, 0.4) is 0 Å². The van der Waals surface area contributed by atoms with E-state index in [1.807, 2.05) is 31.2 Å². The minimum Gasteiger partial charge on any atom is -0.322 e. The van der Waals surface area contributed by atoms with Crippen molar-refractivity contribution in [2.24, 2.45) is 0 Å². The highest BCUT2D eigenvalue weighted by atomic mass is 79.9. The molecular weight excluding hydrogens is 282 g/mol. The fourth-order valence-electron chi connectivity index (χ4n) is 1.51. The van der Waals surface area contributed by atoms with E-state index in [-0.39, 0.29) is 5.91 Å². The molecule has 2 rings (SSSR count). The molecule has 0 saturated heterocycles. The number of aromatic amines is 1. The van der Waals surface area contributed by atoms with Crippen molar-refractivity contribution in [1.82, 2.24) is 10.2 Å². The zero-order chi connectivity index (χ0) is 12.3. The molecular formula is C12H12BrN3O. The van der Waals surface area contributed by atoms with E-state index in [1.165, 1.54) is 6.20 Å². The predicted molar refractivity (Wildman–Crippen MR) is 70.4 cm³/mol. The van der Waals surface area contributed by atoms with Crippen LogP contribution in [0, 0.1) is 6.92 Å². The molecule has 88 valence electrons. The van der Waals surface area contributed by atoms with E-state index in [4.69, 9.17) is 0 Å². The van der Waals surface area contributed by atoms with Crippen molar-refractivity contribution in [2.45, 2.75) is 12.3 Å². The Labute approximate surface area is 108 Å². The van der Waals surface area contributed by atoms with Gasteiger partial charge in [-0.05, 0) is 24.6 Å².